The molecule has 6 heavy (non-hydrogen) atoms. The van der Waals surface area contributed by atoms with E-state index < -0.39 is 0 Å². The topological polar surface area (TPSA) is 114 Å². The van der Waals surface area contributed by atoms with Crippen molar-refractivity contribution < 1.29 is 63.7 Å². The zero-order valence-corrected chi connectivity index (χ0v) is 6.42. The summed E-state index contributed by atoms with van der Waals surface area (Å²) in [7, 11) is 0. The van der Waals surface area contributed by atoms with Gasteiger partial charge in [-0.05, 0) is 0 Å². The Labute approximate surface area is 63.8 Å². The molecule has 0 atom stereocenters. The molecule has 0 aromatic heterocycles. The standard InChI is InChI=1S/Ir.4O.Ti/q;4*-2;+4. The van der Waals surface area contributed by atoms with Gasteiger partial charge in [0.1, 0.15) is 0 Å². The van der Waals surface area contributed by atoms with Crippen molar-refractivity contribution in [1.82, 2.24) is 0 Å². The van der Waals surface area contributed by atoms with Gasteiger partial charge in [-0.2, -0.15) is 0 Å². The number of hydrogen-bond acceptors (Lipinski definition) is 0. The maximum Gasteiger partial charge on any atom is 4.00 e. The fourth-order valence-electron chi connectivity index (χ4n) is 0. The Bertz CT molecular complexity index is 7.51. The summed E-state index contributed by atoms with van der Waals surface area (Å²) in [5, 5.41) is 0. The zero-order chi connectivity index (χ0) is 0. The fraction of sp³-hybridized carbons (Fsp3) is 0. The van der Waals surface area contributed by atoms with Gasteiger partial charge in [0.25, 0.3) is 0 Å². The molecule has 0 fully saturated rings. The molecule has 4 nitrogen and oxygen atoms in total. The van der Waals surface area contributed by atoms with Gasteiger partial charge >= 0.3 is 21.7 Å². The summed E-state index contributed by atoms with van der Waals surface area (Å²) in [5.41, 5.74) is 0. The van der Waals surface area contributed by atoms with Gasteiger partial charge in [0, 0.05) is 20.1 Å². The Morgan fingerprint density at radius 3 is 0.500 bits per heavy atom. The summed E-state index contributed by atoms with van der Waals surface area (Å²) >= 11 is 0. The van der Waals surface area contributed by atoms with Crippen molar-refractivity contribution >= 4 is 0 Å². The van der Waals surface area contributed by atoms with Crippen molar-refractivity contribution in [3.8, 4) is 0 Å². The maximum atomic E-state index is 0. The molecule has 0 rings (SSSR count). The van der Waals surface area contributed by atoms with E-state index in [0.717, 1.165) is 0 Å². The summed E-state index contributed by atoms with van der Waals surface area (Å²) in [6, 6.07) is 0. The van der Waals surface area contributed by atoms with E-state index in [2.05, 4.69) is 0 Å². The molecule has 0 unspecified atom stereocenters. The minimum Gasteiger partial charge on any atom is -2.00 e. The van der Waals surface area contributed by atoms with Crippen molar-refractivity contribution in [2.75, 3.05) is 0 Å². The number of hydrogen-bond donors (Lipinski definition) is 0. The van der Waals surface area contributed by atoms with Crippen LogP contribution in [0.15, 0.2) is 0 Å². The second kappa shape index (κ2) is 116. The molecule has 0 aliphatic carbocycles. The third kappa shape index (κ3) is 63.5. The van der Waals surface area contributed by atoms with Gasteiger partial charge in [0.15, 0.2) is 0 Å². The van der Waals surface area contributed by atoms with Crippen molar-refractivity contribution in [3.05, 3.63) is 0 Å². The van der Waals surface area contributed by atoms with Crippen LogP contribution in [-0.4, -0.2) is 0 Å². The molecule has 0 aromatic carbocycles. The second-order valence-corrected chi connectivity index (χ2v) is 0. The SMILES string of the molecule is [Ir].[O-2].[O-2].[O-2].[O-2].[Ti+4]. The summed E-state index contributed by atoms with van der Waals surface area (Å²) in [5.74, 6) is 0. The van der Waals surface area contributed by atoms with E-state index in [9.17, 15) is 0 Å². The first kappa shape index (κ1) is 191. The Balaban J connectivity index is 0. The minimum atomic E-state index is 0. The quantitative estimate of drug-likeness (QED) is 0.538. The molecule has 0 saturated heterocycles. The van der Waals surface area contributed by atoms with Gasteiger partial charge in [-0.1, -0.05) is 0 Å². The van der Waals surface area contributed by atoms with Crippen LogP contribution in [0.25, 0.3) is 0 Å². The fourth-order valence-corrected chi connectivity index (χ4v) is 0. The molecule has 0 bridgehead atoms. The predicted octanol–water partition coefficient (Wildman–Crippen LogP) is -0.480. The average molecular weight is 304 g/mol. The van der Waals surface area contributed by atoms with Crippen molar-refractivity contribution in [3.63, 3.8) is 0 Å². The Morgan fingerprint density at radius 2 is 0.500 bits per heavy atom. The van der Waals surface area contributed by atoms with Gasteiger partial charge in [-0.3, -0.25) is 0 Å². The molecule has 0 heterocycles. The van der Waals surface area contributed by atoms with Gasteiger partial charge in [0.05, 0.1) is 0 Å². The largest absolute Gasteiger partial charge is 4.00 e. The molecule has 1 radical (unpaired) electrons. The van der Waals surface area contributed by atoms with Crippen LogP contribution in [0.3, 0.4) is 0 Å². The van der Waals surface area contributed by atoms with E-state index in [4.69, 9.17) is 0 Å². The Hall–Kier alpha value is 1.20. The summed E-state index contributed by atoms with van der Waals surface area (Å²) < 4.78 is 0. The predicted molar refractivity (Wildman–Crippen MR) is 2.75 cm³/mol. The molecule has 41 valence electrons. The summed E-state index contributed by atoms with van der Waals surface area (Å²) in [6.07, 6.45) is 0. The van der Waals surface area contributed by atoms with E-state index in [-0.39, 0.29) is 63.7 Å². The summed E-state index contributed by atoms with van der Waals surface area (Å²) in [6.45, 7) is 0. The van der Waals surface area contributed by atoms with Crippen molar-refractivity contribution in [1.29, 1.82) is 0 Å². The van der Waals surface area contributed by atoms with Crippen LogP contribution in [0.5, 0.6) is 0 Å². The molecule has 0 aliphatic heterocycles. The van der Waals surface area contributed by atoms with Crippen LogP contribution in [0, 0.1) is 0 Å². The van der Waals surface area contributed by atoms with E-state index in [1.54, 1.807) is 0 Å². The molecule has 0 spiro atoms. The third-order valence-corrected chi connectivity index (χ3v) is 0. The maximum absolute atomic E-state index is 0. The first-order valence-electron chi connectivity index (χ1n) is 0. The van der Waals surface area contributed by atoms with E-state index in [0.29, 0.717) is 0 Å². The zero-order valence-electron chi connectivity index (χ0n) is 2.47. The number of rotatable bonds is 0. The second-order valence-electron chi connectivity index (χ2n) is 0. The van der Waals surface area contributed by atoms with Gasteiger partial charge < -0.3 is 21.9 Å². The van der Waals surface area contributed by atoms with Gasteiger partial charge in [0.2, 0.25) is 0 Å². The van der Waals surface area contributed by atoms with Crippen LogP contribution >= 0.6 is 0 Å². The van der Waals surface area contributed by atoms with Crippen LogP contribution < -0.4 is 0 Å². The van der Waals surface area contributed by atoms with Gasteiger partial charge in [-0.25, -0.2) is 0 Å². The Morgan fingerprint density at radius 1 is 0.500 bits per heavy atom. The van der Waals surface area contributed by atoms with E-state index in [1.807, 2.05) is 0 Å². The van der Waals surface area contributed by atoms with Crippen LogP contribution in [0.2, 0.25) is 0 Å². The monoisotopic (exact) mass is 305 g/mol. The van der Waals surface area contributed by atoms with Crippen LogP contribution in [0.4, 0.5) is 0 Å². The molecule has 0 aromatic rings. The average Bonchev–Trinajstić information content (AvgIpc) is 0. The summed E-state index contributed by atoms with van der Waals surface area (Å²) in [4.78, 5) is 0. The van der Waals surface area contributed by atoms with E-state index >= 15 is 0 Å². The normalized spacial score (nSPS) is 0. The first-order chi connectivity index (χ1) is 0. The molecule has 6 heteroatoms. The Kier molecular flexibility index (Phi) is 3700. The first-order valence-corrected chi connectivity index (χ1v) is 0. The van der Waals surface area contributed by atoms with Crippen molar-refractivity contribution in [2.24, 2.45) is 0 Å². The molecule has 0 aliphatic rings. The van der Waals surface area contributed by atoms with E-state index in [1.165, 1.54) is 0 Å². The molecule has 0 amide bonds. The molecule has 0 saturated carbocycles. The van der Waals surface area contributed by atoms with Crippen molar-refractivity contribution in [2.45, 2.75) is 0 Å². The third-order valence-electron chi connectivity index (χ3n) is 0. The van der Waals surface area contributed by atoms with Crippen LogP contribution in [-0.2, 0) is 63.7 Å². The molecular weight excluding hydrogens is 304 g/mol. The van der Waals surface area contributed by atoms with Crippen LogP contribution in [0.1, 0.15) is 0 Å². The van der Waals surface area contributed by atoms with Gasteiger partial charge in [-0.15, -0.1) is 0 Å². The molecular formula is IrO4Ti-4. The smallest absolute Gasteiger partial charge is 2.00 e. The molecule has 0 N–H and O–H groups in total. The minimum absolute atomic E-state index is 0.